The number of nitrogens with one attached hydrogen (secondary N) is 1. The van der Waals surface area contributed by atoms with Gasteiger partial charge in [-0.1, -0.05) is 32.1 Å². The smallest absolute Gasteiger partial charge is 0.0603 e. The molecule has 0 aromatic carbocycles. The molecule has 2 rings (SSSR count). The number of anilines is 1. The maximum atomic E-state index is 4.28. The van der Waals surface area contributed by atoms with Crippen molar-refractivity contribution in [1.29, 1.82) is 0 Å². The number of pyridine rings is 1. The highest BCUT2D eigenvalue weighted by Crippen LogP contribution is 2.26. The molecule has 0 bridgehead atoms. The molecule has 0 spiro atoms. The summed E-state index contributed by atoms with van der Waals surface area (Å²) < 4.78 is 0. The third kappa shape index (κ3) is 3.22. The number of aryl methyl sites for hydroxylation is 1. The lowest BCUT2D eigenvalue weighted by Crippen LogP contribution is -2.12. The summed E-state index contributed by atoms with van der Waals surface area (Å²) in [7, 11) is 0. The standard InChI is InChI=1S/C14H22N2/c1-12-14(8-5-10-15-12)16-11-9-13-6-3-2-4-7-13/h5,8,10,13,16H,2-4,6-7,9,11H2,1H3. The van der Waals surface area contributed by atoms with Gasteiger partial charge in [-0.05, 0) is 31.4 Å². The van der Waals surface area contributed by atoms with Crippen LogP contribution in [0, 0.1) is 12.8 Å². The molecule has 0 atom stereocenters. The lowest BCUT2D eigenvalue weighted by Gasteiger charge is -2.21. The van der Waals surface area contributed by atoms with Crippen LogP contribution in [-0.4, -0.2) is 11.5 Å². The molecule has 1 aliphatic rings. The fourth-order valence-electron chi connectivity index (χ4n) is 2.56. The zero-order chi connectivity index (χ0) is 11.2. The Hall–Kier alpha value is -1.05. The van der Waals surface area contributed by atoms with Crippen LogP contribution in [-0.2, 0) is 0 Å². The van der Waals surface area contributed by atoms with Gasteiger partial charge in [0.25, 0.3) is 0 Å². The minimum absolute atomic E-state index is 0.957. The molecule has 1 aromatic rings. The molecule has 0 saturated heterocycles. The number of aromatic nitrogens is 1. The van der Waals surface area contributed by atoms with E-state index in [2.05, 4.69) is 23.3 Å². The molecule has 2 nitrogen and oxygen atoms in total. The Kier molecular flexibility index (Phi) is 4.20. The Morgan fingerprint density at radius 3 is 2.88 bits per heavy atom. The van der Waals surface area contributed by atoms with Gasteiger partial charge in [0.2, 0.25) is 0 Å². The highest BCUT2D eigenvalue weighted by atomic mass is 14.9. The van der Waals surface area contributed by atoms with Crippen molar-refractivity contribution in [2.45, 2.75) is 45.4 Å². The van der Waals surface area contributed by atoms with Crippen molar-refractivity contribution in [3.63, 3.8) is 0 Å². The van der Waals surface area contributed by atoms with Gasteiger partial charge < -0.3 is 5.32 Å². The maximum Gasteiger partial charge on any atom is 0.0603 e. The predicted octanol–water partition coefficient (Wildman–Crippen LogP) is 3.77. The Morgan fingerprint density at radius 1 is 1.31 bits per heavy atom. The van der Waals surface area contributed by atoms with E-state index in [0.29, 0.717) is 0 Å². The summed E-state index contributed by atoms with van der Waals surface area (Å²) in [4.78, 5) is 4.28. The number of rotatable bonds is 4. The van der Waals surface area contributed by atoms with E-state index in [9.17, 15) is 0 Å². The SMILES string of the molecule is Cc1ncccc1NCCC1CCCCC1. The van der Waals surface area contributed by atoms with Crippen molar-refractivity contribution in [1.82, 2.24) is 4.98 Å². The number of nitrogens with zero attached hydrogens (tertiary/aromatic N) is 1. The van der Waals surface area contributed by atoms with Crippen LogP contribution in [0.5, 0.6) is 0 Å². The fourth-order valence-corrected chi connectivity index (χ4v) is 2.56. The van der Waals surface area contributed by atoms with Gasteiger partial charge in [-0.3, -0.25) is 4.98 Å². The van der Waals surface area contributed by atoms with Gasteiger partial charge in [0.15, 0.2) is 0 Å². The van der Waals surface area contributed by atoms with Crippen LogP contribution in [0.2, 0.25) is 0 Å². The van der Waals surface area contributed by atoms with Crippen molar-refractivity contribution < 1.29 is 0 Å². The van der Waals surface area contributed by atoms with E-state index in [1.807, 2.05) is 12.3 Å². The average Bonchev–Trinajstić information content (AvgIpc) is 2.33. The maximum absolute atomic E-state index is 4.28. The van der Waals surface area contributed by atoms with Crippen LogP contribution in [0.1, 0.15) is 44.2 Å². The molecule has 1 N–H and O–H groups in total. The van der Waals surface area contributed by atoms with E-state index in [-0.39, 0.29) is 0 Å². The molecule has 0 amide bonds. The van der Waals surface area contributed by atoms with E-state index in [1.54, 1.807) is 0 Å². The lowest BCUT2D eigenvalue weighted by atomic mass is 9.87. The Labute approximate surface area is 98.5 Å². The third-order valence-corrected chi connectivity index (χ3v) is 3.60. The second kappa shape index (κ2) is 5.88. The second-order valence-corrected chi connectivity index (χ2v) is 4.86. The van der Waals surface area contributed by atoms with Gasteiger partial charge in [-0.15, -0.1) is 0 Å². The van der Waals surface area contributed by atoms with Crippen LogP contribution in [0.4, 0.5) is 5.69 Å². The van der Waals surface area contributed by atoms with Gasteiger partial charge >= 0.3 is 0 Å². The summed E-state index contributed by atoms with van der Waals surface area (Å²) in [6.45, 7) is 3.15. The first kappa shape index (κ1) is 11.4. The molecule has 0 radical (unpaired) electrons. The van der Waals surface area contributed by atoms with E-state index < -0.39 is 0 Å². The molecule has 1 aromatic heterocycles. The number of hydrogen-bond acceptors (Lipinski definition) is 2. The first-order valence-corrected chi connectivity index (χ1v) is 6.52. The van der Waals surface area contributed by atoms with Crippen molar-refractivity contribution in [3.05, 3.63) is 24.0 Å². The lowest BCUT2D eigenvalue weighted by molar-refractivity contribution is 0.345. The highest BCUT2D eigenvalue weighted by Gasteiger charge is 2.12. The second-order valence-electron chi connectivity index (χ2n) is 4.86. The monoisotopic (exact) mass is 218 g/mol. The van der Waals surface area contributed by atoms with Crippen LogP contribution < -0.4 is 5.32 Å². The first-order valence-electron chi connectivity index (χ1n) is 6.52. The fraction of sp³-hybridized carbons (Fsp3) is 0.643. The molecule has 0 unspecified atom stereocenters. The van der Waals surface area contributed by atoms with Gasteiger partial charge in [-0.2, -0.15) is 0 Å². The molecule has 1 fully saturated rings. The zero-order valence-corrected chi connectivity index (χ0v) is 10.2. The normalized spacial score (nSPS) is 17.3. The van der Waals surface area contributed by atoms with E-state index in [0.717, 1.165) is 18.2 Å². The summed E-state index contributed by atoms with van der Waals surface area (Å²) >= 11 is 0. The minimum atomic E-state index is 0.957. The summed E-state index contributed by atoms with van der Waals surface area (Å²) in [5, 5.41) is 3.50. The molecule has 1 heterocycles. The van der Waals surface area contributed by atoms with Crippen molar-refractivity contribution in [2.24, 2.45) is 5.92 Å². The molecule has 1 saturated carbocycles. The third-order valence-electron chi connectivity index (χ3n) is 3.60. The summed E-state index contributed by atoms with van der Waals surface area (Å²) in [5.41, 5.74) is 2.30. The Bertz CT molecular complexity index is 316. The molecule has 0 aliphatic heterocycles. The quantitative estimate of drug-likeness (QED) is 0.832. The Balaban J connectivity index is 1.73. The van der Waals surface area contributed by atoms with E-state index in [4.69, 9.17) is 0 Å². The van der Waals surface area contributed by atoms with Crippen molar-refractivity contribution in [3.8, 4) is 0 Å². The molecule has 16 heavy (non-hydrogen) atoms. The van der Waals surface area contributed by atoms with Gasteiger partial charge in [0.1, 0.15) is 0 Å². The predicted molar refractivity (Wildman–Crippen MR) is 68.7 cm³/mol. The molecular weight excluding hydrogens is 196 g/mol. The van der Waals surface area contributed by atoms with Crippen LogP contribution in [0.3, 0.4) is 0 Å². The first-order chi connectivity index (χ1) is 7.86. The molecule has 2 heteroatoms. The Morgan fingerprint density at radius 2 is 2.12 bits per heavy atom. The topological polar surface area (TPSA) is 24.9 Å². The molecule has 88 valence electrons. The zero-order valence-electron chi connectivity index (χ0n) is 10.2. The molecular formula is C14H22N2. The van der Waals surface area contributed by atoms with Gasteiger partial charge in [0.05, 0.1) is 11.4 Å². The molecule has 1 aliphatic carbocycles. The largest absolute Gasteiger partial charge is 0.384 e. The van der Waals surface area contributed by atoms with Gasteiger partial charge in [0, 0.05) is 12.7 Å². The van der Waals surface area contributed by atoms with Crippen LogP contribution in [0.25, 0.3) is 0 Å². The average molecular weight is 218 g/mol. The van der Waals surface area contributed by atoms with Crippen molar-refractivity contribution >= 4 is 5.69 Å². The van der Waals surface area contributed by atoms with Gasteiger partial charge in [-0.25, -0.2) is 0 Å². The van der Waals surface area contributed by atoms with Crippen LogP contribution in [0.15, 0.2) is 18.3 Å². The summed E-state index contributed by atoms with van der Waals surface area (Å²) in [6.07, 6.45) is 10.4. The summed E-state index contributed by atoms with van der Waals surface area (Å²) in [5.74, 6) is 0.957. The summed E-state index contributed by atoms with van der Waals surface area (Å²) in [6, 6.07) is 4.11. The van der Waals surface area contributed by atoms with E-state index >= 15 is 0 Å². The number of hydrogen-bond donors (Lipinski definition) is 1. The van der Waals surface area contributed by atoms with E-state index in [1.165, 1.54) is 44.2 Å². The van der Waals surface area contributed by atoms with Crippen molar-refractivity contribution in [2.75, 3.05) is 11.9 Å². The minimum Gasteiger partial charge on any atom is -0.384 e. The highest BCUT2D eigenvalue weighted by molar-refractivity contribution is 5.46. The van der Waals surface area contributed by atoms with Crippen LogP contribution >= 0.6 is 0 Å².